The van der Waals surface area contributed by atoms with Crippen molar-refractivity contribution in [2.24, 2.45) is 0 Å². The first kappa shape index (κ1) is 12.5. The molecule has 1 heterocycles. The number of hydrogen-bond acceptors (Lipinski definition) is 2. The van der Waals surface area contributed by atoms with Crippen LogP contribution in [0.5, 0.6) is 0 Å². The second-order valence-electron chi connectivity index (χ2n) is 3.90. The minimum atomic E-state index is -1.38. The van der Waals surface area contributed by atoms with Gasteiger partial charge in [0.2, 0.25) is 0 Å². The zero-order valence-corrected chi connectivity index (χ0v) is 9.72. The van der Waals surface area contributed by atoms with Gasteiger partial charge in [0.1, 0.15) is 5.69 Å². The monoisotopic (exact) mass is 265 g/mol. The van der Waals surface area contributed by atoms with Crippen molar-refractivity contribution in [1.82, 2.24) is 0 Å². The Balaban J connectivity index is 2.24. The molecule has 0 aromatic heterocycles. The molecule has 1 atom stereocenters. The number of benzene rings is 1. The summed E-state index contributed by atoms with van der Waals surface area (Å²) < 4.78 is 52.6. The number of rotatable bonds is 2. The molecule has 1 unspecified atom stereocenters. The number of halogens is 4. The SMILES string of the molecule is Fc1cc(F)c(F)c(NC2CCCSC2)c1F. The Kier molecular flexibility index (Phi) is 3.81. The Morgan fingerprint density at radius 2 is 1.76 bits per heavy atom. The number of hydrogen-bond donors (Lipinski definition) is 1. The molecule has 94 valence electrons. The van der Waals surface area contributed by atoms with Gasteiger partial charge in [-0.1, -0.05) is 0 Å². The minimum absolute atomic E-state index is 0.154. The van der Waals surface area contributed by atoms with E-state index >= 15 is 0 Å². The van der Waals surface area contributed by atoms with Crippen molar-refractivity contribution in [3.05, 3.63) is 29.3 Å². The lowest BCUT2D eigenvalue weighted by Gasteiger charge is -2.24. The van der Waals surface area contributed by atoms with E-state index in [1.54, 1.807) is 11.8 Å². The van der Waals surface area contributed by atoms with E-state index in [1.165, 1.54) is 0 Å². The fourth-order valence-corrected chi connectivity index (χ4v) is 2.83. The summed E-state index contributed by atoms with van der Waals surface area (Å²) in [5.41, 5.74) is -0.699. The van der Waals surface area contributed by atoms with E-state index in [-0.39, 0.29) is 12.1 Å². The lowest BCUT2D eigenvalue weighted by molar-refractivity contribution is 0.456. The molecular weight excluding hydrogens is 254 g/mol. The van der Waals surface area contributed by atoms with E-state index in [0.29, 0.717) is 5.75 Å². The van der Waals surface area contributed by atoms with Gasteiger partial charge < -0.3 is 5.32 Å². The zero-order valence-electron chi connectivity index (χ0n) is 8.90. The predicted molar refractivity (Wildman–Crippen MR) is 60.2 cm³/mol. The van der Waals surface area contributed by atoms with Crippen LogP contribution in [-0.2, 0) is 0 Å². The molecule has 1 N–H and O–H groups in total. The Morgan fingerprint density at radius 1 is 1.12 bits per heavy atom. The molecule has 0 bridgehead atoms. The van der Waals surface area contributed by atoms with Gasteiger partial charge in [0.05, 0.1) is 0 Å². The molecular formula is C11H11F4NS. The van der Waals surface area contributed by atoms with Crippen molar-refractivity contribution >= 4 is 17.4 Å². The number of thioether (sulfide) groups is 1. The van der Waals surface area contributed by atoms with Crippen molar-refractivity contribution in [3.8, 4) is 0 Å². The third-order valence-electron chi connectivity index (χ3n) is 2.62. The average Bonchev–Trinajstić information content (AvgIpc) is 2.33. The topological polar surface area (TPSA) is 12.0 Å². The van der Waals surface area contributed by atoms with Crippen LogP contribution in [0.4, 0.5) is 23.2 Å². The Labute approximate surface area is 101 Å². The molecule has 1 aliphatic rings. The Hall–Kier alpha value is -0.910. The Bertz CT molecular complexity index is 392. The molecule has 17 heavy (non-hydrogen) atoms. The van der Waals surface area contributed by atoms with Crippen molar-refractivity contribution in [3.63, 3.8) is 0 Å². The van der Waals surface area contributed by atoms with Crippen LogP contribution < -0.4 is 5.32 Å². The summed E-state index contributed by atoms with van der Waals surface area (Å²) in [5, 5.41) is 2.55. The third-order valence-corrected chi connectivity index (χ3v) is 3.84. The fraction of sp³-hybridized carbons (Fsp3) is 0.455. The highest BCUT2D eigenvalue weighted by atomic mass is 32.2. The fourth-order valence-electron chi connectivity index (χ4n) is 1.76. The summed E-state index contributed by atoms with van der Waals surface area (Å²) in [7, 11) is 0. The highest BCUT2D eigenvalue weighted by molar-refractivity contribution is 7.99. The van der Waals surface area contributed by atoms with Crippen molar-refractivity contribution in [1.29, 1.82) is 0 Å². The van der Waals surface area contributed by atoms with Gasteiger partial charge in [0, 0.05) is 17.9 Å². The van der Waals surface area contributed by atoms with E-state index in [2.05, 4.69) is 5.32 Å². The standard InChI is InChI=1S/C11H11F4NS/c12-7-4-8(13)10(15)11(9(7)14)16-6-2-1-3-17-5-6/h4,6,16H,1-3,5H2. The Morgan fingerprint density at radius 3 is 2.29 bits per heavy atom. The summed E-state index contributed by atoms with van der Waals surface area (Å²) >= 11 is 1.65. The number of anilines is 1. The normalized spacial score (nSPS) is 20.4. The second kappa shape index (κ2) is 5.16. The average molecular weight is 265 g/mol. The first-order chi connectivity index (χ1) is 8.09. The molecule has 1 nitrogen and oxygen atoms in total. The van der Waals surface area contributed by atoms with Crippen LogP contribution in [0.2, 0.25) is 0 Å². The van der Waals surface area contributed by atoms with Crippen molar-refractivity contribution < 1.29 is 17.6 Å². The summed E-state index contributed by atoms with van der Waals surface area (Å²) in [6.07, 6.45) is 1.66. The maximum atomic E-state index is 13.3. The predicted octanol–water partition coefficient (Wildman–Crippen LogP) is 3.55. The minimum Gasteiger partial charge on any atom is -0.377 e. The van der Waals surface area contributed by atoms with E-state index in [0.717, 1.165) is 18.6 Å². The number of nitrogens with one attached hydrogen (secondary N) is 1. The van der Waals surface area contributed by atoms with Gasteiger partial charge in [0.25, 0.3) is 0 Å². The van der Waals surface area contributed by atoms with E-state index in [9.17, 15) is 17.6 Å². The molecule has 0 radical (unpaired) electrons. The first-order valence-electron chi connectivity index (χ1n) is 5.27. The smallest absolute Gasteiger partial charge is 0.185 e. The molecule has 1 aromatic rings. The highest BCUT2D eigenvalue weighted by Crippen LogP contribution is 2.27. The highest BCUT2D eigenvalue weighted by Gasteiger charge is 2.22. The lowest BCUT2D eigenvalue weighted by Crippen LogP contribution is -2.27. The summed E-state index contributed by atoms with van der Waals surface area (Å²) in [6.45, 7) is 0. The van der Waals surface area contributed by atoms with Crippen LogP contribution in [0.25, 0.3) is 0 Å². The largest absolute Gasteiger partial charge is 0.377 e. The van der Waals surface area contributed by atoms with Gasteiger partial charge in [-0.2, -0.15) is 11.8 Å². The summed E-state index contributed by atoms with van der Waals surface area (Å²) in [6, 6.07) is 0.0600. The molecule has 1 fully saturated rings. The van der Waals surface area contributed by atoms with Crippen LogP contribution >= 0.6 is 11.8 Å². The molecule has 0 aliphatic carbocycles. The maximum absolute atomic E-state index is 13.3. The van der Waals surface area contributed by atoms with E-state index in [1.807, 2.05) is 0 Å². The van der Waals surface area contributed by atoms with Gasteiger partial charge in [-0.25, -0.2) is 17.6 Å². The maximum Gasteiger partial charge on any atom is 0.185 e. The van der Waals surface area contributed by atoms with Gasteiger partial charge in [0.15, 0.2) is 23.3 Å². The van der Waals surface area contributed by atoms with Gasteiger partial charge in [-0.05, 0) is 18.6 Å². The zero-order chi connectivity index (χ0) is 12.4. The molecule has 2 rings (SSSR count). The van der Waals surface area contributed by atoms with Crippen LogP contribution in [0.1, 0.15) is 12.8 Å². The van der Waals surface area contributed by atoms with Crippen molar-refractivity contribution in [2.45, 2.75) is 18.9 Å². The van der Waals surface area contributed by atoms with Gasteiger partial charge >= 0.3 is 0 Å². The summed E-state index contributed by atoms with van der Waals surface area (Å²) in [4.78, 5) is 0. The summed E-state index contributed by atoms with van der Waals surface area (Å²) in [5.74, 6) is -3.80. The van der Waals surface area contributed by atoms with Crippen LogP contribution in [-0.4, -0.2) is 17.5 Å². The second-order valence-corrected chi connectivity index (χ2v) is 5.05. The lowest BCUT2D eigenvalue weighted by atomic mass is 10.1. The van der Waals surface area contributed by atoms with E-state index < -0.39 is 29.0 Å². The van der Waals surface area contributed by atoms with Crippen molar-refractivity contribution in [2.75, 3.05) is 16.8 Å². The molecule has 1 aromatic carbocycles. The van der Waals surface area contributed by atoms with Gasteiger partial charge in [-0.15, -0.1) is 0 Å². The van der Waals surface area contributed by atoms with Crippen LogP contribution in [0.15, 0.2) is 6.07 Å². The van der Waals surface area contributed by atoms with Gasteiger partial charge in [-0.3, -0.25) is 0 Å². The van der Waals surface area contributed by atoms with Crippen LogP contribution in [0, 0.1) is 23.3 Å². The third kappa shape index (κ3) is 2.68. The quantitative estimate of drug-likeness (QED) is 0.648. The molecule has 0 amide bonds. The molecule has 0 spiro atoms. The molecule has 0 saturated carbocycles. The molecule has 6 heteroatoms. The van der Waals surface area contributed by atoms with E-state index in [4.69, 9.17) is 0 Å². The molecule has 1 aliphatic heterocycles. The van der Waals surface area contributed by atoms with Crippen LogP contribution in [0.3, 0.4) is 0 Å². The first-order valence-corrected chi connectivity index (χ1v) is 6.42. The molecule has 1 saturated heterocycles.